The summed E-state index contributed by atoms with van der Waals surface area (Å²) in [6, 6.07) is 0. The zero-order valence-electron chi connectivity index (χ0n) is 11.1. The van der Waals surface area contributed by atoms with Gasteiger partial charge in [-0.2, -0.15) is 5.10 Å². The Kier molecular flexibility index (Phi) is 5.00. The van der Waals surface area contributed by atoms with Crippen LogP contribution >= 0.6 is 0 Å². The molecule has 3 heteroatoms. The Hall–Kier alpha value is -0.830. The van der Waals surface area contributed by atoms with Crippen molar-refractivity contribution in [2.75, 3.05) is 0 Å². The van der Waals surface area contributed by atoms with E-state index < -0.39 is 0 Å². The summed E-state index contributed by atoms with van der Waals surface area (Å²) < 4.78 is 2.18. The van der Waals surface area contributed by atoms with Crippen LogP contribution in [0.3, 0.4) is 0 Å². The molecule has 1 aromatic rings. The Balaban J connectivity index is 3.03. The molecule has 0 fully saturated rings. The highest BCUT2D eigenvalue weighted by atomic mass is 15.3. The molecule has 1 aromatic heterocycles. The Bertz CT molecular complexity index is 328. The third kappa shape index (κ3) is 2.64. The lowest BCUT2D eigenvalue weighted by molar-refractivity contribution is 0.427. The maximum absolute atomic E-state index is 5.83. The van der Waals surface area contributed by atoms with E-state index in [-0.39, 0.29) is 0 Å². The van der Waals surface area contributed by atoms with Crippen LogP contribution in [0.25, 0.3) is 0 Å². The van der Waals surface area contributed by atoms with Crippen LogP contribution in [0.5, 0.6) is 0 Å². The first kappa shape index (κ1) is 13.2. The van der Waals surface area contributed by atoms with Gasteiger partial charge in [0.15, 0.2) is 0 Å². The zero-order chi connectivity index (χ0) is 12.1. The first-order valence-corrected chi connectivity index (χ1v) is 6.45. The minimum absolute atomic E-state index is 0.618. The molecule has 1 unspecified atom stereocenters. The van der Waals surface area contributed by atoms with Crippen molar-refractivity contribution < 1.29 is 0 Å². The van der Waals surface area contributed by atoms with Crippen molar-refractivity contribution >= 4 is 0 Å². The summed E-state index contributed by atoms with van der Waals surface area (Å²) in [5.74, 6) is 0.681. The minimum Gasteiger partial charge on any atom is -0.326 e. The molecule has 0 amide bonds. The molecular formula is C13H25N3. The predicted octanol–water partition coefficient (Wildman–Crippen LogP) is 2.51. The fraction of sp³-hybridized carbons (Fsp3) is 0.769. The maximum Gasteiger partial charge on any atom is 0.0669 e. The van der Waals surface area contributed by atoms with E-state index in [0.717, 1.165) is 19.4 Å². The van der Waals surface area contributed by atoms with Crippen LogP contribution in [-0.4, -0.2) is 9.78 Å². The first-order valence-electron chi connectivity index (χ1n) is 6.45. The number of hydrogen-bond acceptors (Lipinski definition) is 2. The SMILES string of the molecule is CCc1nn(CC(C)CC)c(CC)c1CN. The number of hydrogen-bond donors (Lipinski definition) is 1. The van der Waals surface area contributed by atoms with E-state index in [1.54, 1.807) is 0 Å². The van der Waals surface area contributed by atoms with E-state index in [1.807, 2.05) is 0 Å². The van der Waals surface area contributed by atoms with E-state index in [2.05, 4.69) is 32.4 Å². The summed E-state index contributed by atoms with van der Waals surface area (Å²) >= 11 is 0. The molecule has 0 aliphatic heterocycles. The van der Waals surface area contributed by atoms with Crippen molar-refractivity contribution in [1.29, 1.82) is 0 Å². The molecule has 0 aliphatic rings. The molecule has 3 nitrogen and oxygen atoms in total. The second-order valence-corrected chi connectivity index (χ2v) is 4.48. The average Bonchev–Trinajstić information content (AvgIpc) is 2.65. The molecule has 16 heavy (non-hydrogen) atoms. The van der Waals surface area contributed by atoms with E-state index in [0.29, 0.717) is 12.5 Å². The second kappa shape index (κ2) is 6.04. The number of rotatable bonds is 6. The molecule has 2 N–H and O–H groups in total. The van der Waals surface area contributed by atoms with Gasteiger partial charge in [-0.25, -0.2) is 0 Å². The Morgan fingerprint density at radius 3 is 2.38 bits per heavy atom. The van der Waals surface area contributed by atoms with Crippen molar-refractivity contribution in [3.8, 4) is 0 Å². The van der Waals surface area contributed by atoms with E-state index in [4.69, 9.17) is 10.8 Å². The van der Waals surface area contributed by atoms with Gasteiger partial charge in [-0.15, -0.1) is 0 Å². The lowest BCUT2D eigenvalue weighted by atomic mass is 10.1. The lowest BCUT2D eigenvalue weighted by Crippen LogP contribution is -2.12. The Morgan fingerprint density at radius 1 is 1.25 bits per heavy atom. The molecule has 0 bridgehead atoms. The topological polar surface area (TPSA) is 43.8 Å². The number of nitrogens with two attached hydrogens (primary N) is 1. The second-order valence-electron chi connectivity index (χ2n) is 4.48. The Labute approximate surface area is 99.0 Å². The lowest BCUT2D eigenvalue weighted by Gasteiger charge is -2.11. The van der Waals surface area contributed by atoms with Crippen molar-refractivity contribution in [2.45, 2.75) is 60.0 Å². The quantitative estimate of drug-likeness (QED) is 0.805. The molecule has 1 heterocycles. The molecule has 1 atom stereocenters. The van der Waals surface area contributed by atoms with Gasteiger partial charge in [-0.3, -0.25) is 4.68 Å². The van der Waals surface area contributed by atoms with Gasteiger partial charge in [0.1, 0.15) is 0 Å². The van der Waals surface area contributed by atoms with Gasteiger partial charge in [0.05, 0.1) is 5.69 Å². The van der Waals surface area contributed by atoms with Crippen LogP contribution < -0.4 is 5.73 Å². The average molecular weight is 223 g/mol. The van der Waals surface area contributed by atoms with Gasteiger partial charge < -0.3 is 5.73 Å². The summed E-state index contributed by atoms with van der Waals surface area (Å²) in [5.41, 5.74) is 9.61. The van der Waals surface area contributed by atoms with Gasteiger partial charge in [0.25, 0.3) is 0 Å². The van der Waals surface area contributed by atoms with E-state index in [9.17, 15) is 0 Å². The van der Waals surface area contributed by atoms with Gasteiger partial charge in [0, 0.05) is 24.3 Å². The summed E-state index contributed by atoms with van der Waals surface area (Å²) in [5, 5.41) is 4.69. The van der Waals surface area contributed by atoms with Crippen molar-refractivity contribution in [1.82, 2.24) is 9.78 Å². The molecule has 0 radical (unpaired) electrons. The summed E-state index contributed by atoms with van der Waals surface area (Å²) in [4.78, 5) is 0. The molecule has 0 saturated carbocycles. The van der Waals surface area contributed by atoms with E-state index >= 15 is 0 Å². The minimum atomic E-state index is 0.618. The van der Waals surface area contributed by atoms with Crippen LogP contribution in [-0.2, 0) is 25.9 Å². The smallest absolute Gasteiger partial charge is 0.0669 e. The highest BCUT2D eigenvalue weighted by molar-refractivity contribution is 5.26. The predicted molar refractivity (Wildman–Crippen MR) is 68.3 cm³/mol. The molecular weight excluding hydrogens is 198 g/mol. The van der Waals surface area contributed by atoms with Gasteiger partial charge in [0.2, 0.25) is 0 Å². The molecule has 1 rings (SSSR count). The molecule has 0 aromatic carbocycles. The highest BCUT2D eigenvalue weighted by Gasteiger charge is 2.14. The summed E-state index contributed by atoms with van der Waals surface area (Å²) in [7, 11) is 0. The largest absolute Gasteiger partial charge is 0.326 e. The standard InChI is InChI=1S/C13H25N3/c1-5-10(4)9-16-13(7-3)11(8-14)12(6-2)15-16/h10H,5-9,14H2,1-4H3. The van der Waals surface area contributed by atoms with Gasteiger partial charge in [-0.1, -0.05) is 34.1 Å². The summed E-state index contributed by atoms with van der Waals surface area (Å²) in [6.45, 7) is 10.5. The number of aryl methyl sites for hydroxylation is 1. The third-order valence-corrected chi connectivity index (χ3v) is 3.31. The number of aromatic nitrogens is 2. The third-order valence-electron chi connectivity index (χ3n) is 3.31. The van der Waals surface area contributed by atoms with Crippen LogP contribution in [0.15, 0.2) is 0 Å². The van der Waals surface area contributed by atoms with Crippen molar-refractivity contribution in [3.05, 3.63) is 17.0 Å². The van der Waals surface area contributed by atoms with Crippen LogP contribution in [0, 0.1) is 5.92 Å². The van der Waals surface area contributed by atoms with Gasteiger partial charge in [-0.05, 0) is 18.8 Å². The molecule has 0 saturated heterocycles. The van der Waals surface area contributed by atoms with Crippen molar-refractivity contribution in [3.63, 3.8) is 0 Å². The molecule has 92 valence electrons. The van der Waals surface area contributed by atoms with Gasteiger partial charge >= 0.3 is 0 Å². The fourth-order valence-corrected chi connectivity index (χ4v) is 2.08. The van der Waals surface area contributed by atoms with E-state index in [1.165, 1.54) is 23.4 Å². The maximum atomic E-state index is 5.83. The van der Waals surface area contributed by atoms with Crippen LogP contribution in [0.2, 0.25) is 0 Å². The molecule has 0 aliphatic carbocycles. The Morgan fingerprint density at radius 2 is 1.94 bits per heavy atom. The fourth-order valence-electron chi connectivity index (χ4n) is 2.08. The van der Waals surface area contributed by atoms with Crippen LogP contribution in [0.1, 0.15) is 51.1 Å². The summed E-state index contributed by atoms with van der Waals surface area (Å²) in [6.07, 6.45) is 3.20. The monoisotopic (exact) mass is 223 g/mol. The number of nitrogens with zero attached hydrogens (tertiary/aromatic N) is 2. The zero-order valence-corrected chi connectivity index (χ0v) is 11.1. The molecule has 0 spiro atoms. The van der Waals surface area contributed by atoms with Crippen molar-refractivity contribution in [2.24, 2.45) is 11.7 Å². The normalized spacial score (nSPS) is 13.1. The first-order chi connectivity index (χ1) is 7.67. The van der Waals surface area contributed by atoms with Crippen LogP contribution in [0.4, 0.5) is 0 Å². The highest BCUT2D eigenvalue weighted by Crippen LogP contribution is 2.17.